The first kappa shape index (κ1) is 22.1. The topological polar surface area (TPSA) is 148 Å². The number of hydrogen-bond donors (Lipinski definition) is 3. The Morgan fingerprint density at radius 3 is 2.48 bits per heavy atom. The van der Waals surface area contributed by atoms with E-state index < -0.39 is 16.2 Å². The molecule has 0 radical (unpaired) electrons. The van der Waals surface area contributed by atoms with Gasteiger partial charge in [-0.05, 0) is 31.5 Å². The molecule has 0 fully saturated rings. The first-order valence-electron chi connectivity index (χ1n) is 8.46. The number of nitrogens with one attached hydrogen (secondary N) is 1. The summed E-state index contributed by atoms with van der Waals surface area (Å²) in [5, 5.41) is 13.6. The molecule has 29 heavy (non-hydrogen) atoms. The van der Waals surface area contributed by atoms with E-state index in [9.17, 15) is 13.2 Å². The van der Waals surface area contributed by atoms with Crippen LogP contribution in [0.2, 0.25) is 0 Å². The summed E-state index contributed by atoms with van der Waals surface area (Å²) in [5.41, 5.74) is 3.32. The molecule has 0 bridgehead atoms. The summed E-state index contributed by atoms with van der Waals surface area (Å²) < 4.78 is 23.3. The van der Waals surface area contributed by atoms with E-state index in [0.29, 0.717) is 11.5 Å². The molecular formula is C19H21N5O4S. The normalized spacial score (nSPS) is 10.7. The van der Waals surface area contributed by atoms with E-state index in [-0.39, 0.29) is 12.1 Å². The molecular weight excluding hydrogens is 394 g/mol. The Morgan fingerprint density at radius 1 is 1.17 bits per heavy atom. The zero-order chi connectivity index (χ0) is 21.4. The molecule has 0 aliphatic carbocycles. The van der Waals surface area contributed by atoms with Crippen LogP contribution in [-0.2, 0) is 16.8 Å². The Kier molecular flexibility index (Phi) is 7.48. The highest BCUT2D eigenvalue weighted by Gasteiger charge is 2.10. The van der Waals surface area contributed by atoms with Crippen LogP contribution in [-0.4, -0.2) is 34.4 Å². The quantitative estimate of drug-likeness (QED) is 0.575. The highest BCUT2D eigenvalue weighted by Crippen LogP contribution is 2.14. The molecule has 152 valence electrons. The zero-order valence-corrected chi connectivity index (χ0v) is 16.7. The summed E-state index contributed by atoms with van der Waals surface area (Å²) in [7, 11) is -3.59. The summed E-state index contributed by atoms with van der Waals surface area (Å²) in [6, 6.07) is 11.2. The fraction of sp³-hybridized carbons (Fsp3) is 0.158. The largest absolute Gasteiger partial charge is 0.478 e. The summed E-state index contributed by atoms with van der Waals surface area (Å²) in [6.07, 6.45) is 4.60. The predicted octanol–water partition coefficient (Wildman–Crippen LogP) is 1.83. The second-order valence-corrected chi connectivity index (χ2v) is 7.47. The summed E-state index contributed by atoms with van der Waals surface area (Å²) in [4.78, 5) is 22.9. The van der Waals surface area contributed by atoms with Gasteiger partial charge in [-0.25, -0.2) is 19.9 Å². The van der Waals surface area contributed by atoms with E-state index in [0.717, 1.165) is 16.7 Å². The van der Waals surface area contributed by atoms with Crippen LogP contribution in [0.5, 0.6) is 0 Å². The molecule has 0 aliphatic heterocycles. The fourth-order valence-electron chi connectivity index (χ4n) is 2.32. The molecule has 9 nitrogen and oxygen atoms in total. The van der Waals surface area contributed by atoms with Gasteiger partial charge in [-0.1, -0.05) is 29.8 Å². The van der Waals surface area contributed by atoms with Gasteiger partial charge in [0.05, 0.1) is 11.3 Å². The lowest BCUT2D eigenvalue weighted by atomic mass is 10.1. The second kappa shape index (κ2) is 9.82. The van der Waals surface area contributed by atoms with Crippen LogP contribution in [0.3, 0.4) is 0 Å². The lowest BCUT2D eigenvalue weighted by Crippen LogP contribution is -2.30. The van der Waals surface area contributed by atoms with Crippen LogP contribution in [0.1, 0.15) is 27.2 Å². The Hall–Kier alpha value is -3.21. The van der Waals surface area contributed by atoms with E-state index in [1.807, 2.05) is 37.3 Å². The molecule has 0 saturated carbocycles. The maximum atomic E-state index is 10.8. The van der Waals surface area contributed by atoms with Gasteiger partial charge in [0.1, 0.15) is 0 Å². The molecule has 0 saturated heterocycles. The SMILES string of the molecule is Cc1cccc(CNS(N)(=O)=O)c1.Cc1nc(-c2cccnc2)ncc1C(=O)O. The predicted molar refractivity (Wildman–Crippen MR) is 108 cm³/mol. The van der Waals surface area contributed by atoms with Crippen LogP contribution in [0.25, 0.3) is 11.4 Å². The average molecular weight is 415 g/mol. The van der Waals surface area contributed by atoms with Gasteiger partial charge in [-0.3, -0.25) is 4.98 Å². The molecule has 2 heterocycles. The highest BCUT2D eigenvalue weighted by molar-refractivity contribution is 7.87. The minimum Gasteiger partial charge on any atom is -0.478 e. The summed E-state index contributed by atoms with van der Waals surface area (Å²) in [5.74, 6) is -0.536. The third-order valence-electron chi connectivity index (χ3n) is 3.69. The highest BCUT2D eigenvalue weighted by atomic mass is 32.2. The van der Waals surface area contributed by atoms with Gasteiger partial charge in [0, 0.05) is 30.7 Å². The van der Waals surface area contributed by atoms with E-state index in [2.05, 4.69) is 19.7 Å². The van der Waals surface area contributed by atoms with Crippen LogP contribution in [0, 0.1) is 13.8 Å². The molecule has 0 aliphatic rings. The van der Waals surface area contributed by atoms with Crippen molar-refractivity contribution in [1.29, 1.82) is 0 Å². The minimum absolute atomic E-state index is 0.118. The van der Waals surface area contributed by atoms with Gasteiger partial charge in [0.25, 0.3) is 10.2 Å². The molecule has 0 unspecified atom stereocenters. The standard InChI is InChI=1S/C11H9N3O2.C8H12N2O2S/c1-7-9(11(15)16)6-13-10(14-7)8-3-2-4-12-5-8;1-7-3-2-4-8(5-7)6-10-13(9,11)12/h2-6H,1H3,(H,15,16);2-5,10H,6H2,1H3,(H2,9,11,12). The zero-order valence-electron chi connectivity index (χ0n) is 15.9. The van der Waals surface area contributed by atoms with Gasteiger partial charge < -0.3 is 5.11 Å². The second-order valence-electron chi connectivity index (χ2n) is 6.09. The van der Waals surface area contributed by atoms with Crippen LogP contribution < -0.4 is 9.86 Å². The lowest BCUT2D eigenvalue weighted by Gasteiger charge is -2.02. The maximum absolute atomic E-state index is 10.8. The number of aromatic carboxylic acids is 1. The lowest BCUT2D eigenvalue weighted by molar-refractivity contribution is 0.0695. The first-order valence-corrected chi connectivity index (χ1v) is 10.0. The van der Waals surface area contributed by atoms with Crippen molar-refractivity contribution in [3.8, 4) is 11.4 Å². The van der Waals surface area contributed by atoms with E-state index in [4.69, 9.17) is 10.2 Å². The van der Waals surface area contributed by atoms with Crippen molar-refractivity contribution in [2.75, 3.05) is 0 Å². The maximum Gasteiger partial charge on any atom is 0.339 e. The van der Waals surface area contributed by atoms with Crippen molar-refractivity contribution in [2.24, 2.45) is 5.14 Å². The average Bonchev–Trinajstić information content (AvgIpc) is 2.67. The first-order chi connectivity index (χ1) is 13.7. The molecule has 4 N–H and O–H groups in total. The fourth-order valence-corrected chi connectivity index (χ4v) is 2.69. The number of carbonyl (C=O) groups is 1. The van der Waals surface area contributed by atoms with Gasteiger partial charge in [-0.2, -0.15) is 13.1 Å². The third-order valence-corrected chi connectivity index (χ3v) is 4.24. The van der Waals surface area contributed by atoms with E-state index in [1.165, 1.54) is 6.20 Å². The van der Waals surface area contributed by atoms with Gasteiger partial charge >= 0.3 is 5.97 Å². The number of nitrogens with two attached hydrogens (primary N) is 1. The summed E-state index contributed by atoms with van der Waals surface area (Å²) in [6.45, 7) is 3.83. The van der Waals surface area contributed by atoms with Crippen LogP contribution in [0.15, 0.2) is 55.0 Å². The Balaban J connectivity index is 0.000000212. The number of carboxylic acids is 1. The Morgan fingerprint density at radius 2 is 1.93 bits per heavy atom. The van der Waals surface area contributed by atoms with E-state index in [1.54, 1.807) is 25.4 Å². The Bertz CT molecular complexity index is 1090. The molecule has 0 spiro atoms. The van der Waals surface area contributed by atoms with Crippen molar-refractivity contribution < 1.29 is 18.3 Å². The number of rotatable bonds is 5. The number of nitrogens with zero attached hydrogens (tertiary/aromatic N) is 3. The molecule has 3 aromatic rings. The molecule has 3 rings (SSSR count). The third kappa shape index (κ3) is 7.37. The van der Waals surface area contributed by atoms with Gasteiger partial charge in [0.2, 0.25) is 0 Å². The molecule has 1 aromatic carbocycles. The molecule has 10 heteroatoms. The van der Waals surface area contributed by atoms with Crippen molar-refractivity contribution in [1.82, 2.24) is 19.7 Å². The van der Waals surface area contributed by atoms with Gasteiger partial charge in [0.15, 0.2) is 5.82 Å². The number of aryl methyl sites for hydroxylation is 2. The molecule has 2 aromatic heterocycles. The Labute approximate surface area is 168 Å². The van der Waals surface area contributed by atoms with Crippen LogP contribution >= 0.6 is 0 Å². The van der Waals surface area contributed by atoms with Crippen molar-refractivity contribution in [2.45, 2.75) is 20.4 Å². The summed E-state index contributed by atoms with van der Waals surface area (Å²) >= 11 is 0. The van der Waals surface area contributed by atoms with Crippen molar-refractivity contribution in [3.63, 3.8) is 0 Å². The number of aromatic nitrogens is 3. The van der Waals surface area contributed by atoms with Crippen LogP contribution in [0.4, 0.5) is 0 Å². The molecule has 0 amide bonds. The number of carboxylic acid groups (broad SMARTS) is 1. The number of benzene rings is 1. The number of pyridine rings is 1. The monoisotopic (exact) mass is 415 g/mol. The number of hydrogen-bond acceptors (Lipinski definition) is 6. The smallest absolute Gasteiger partial charge is 0.339 e. The van der Waals surface area contributed by atoms with E-state index >= 15 is 0 Å². The van der Waals surface area contributed by atoms with Crippen molar-refractivity contribution in [3.05, 3.63) is 77.4 Å². The van der Waals surface area contributed by atoms with Crippen molar-refractivity contribution >= 4 is 16.2 Å². The van der Waals surface area contributed by atoms with Gasteiger partial charge in [-0.15, -0.1) is 0 Å². The minimum atomic E-state index is -3.59. The molecule has 0 atom stereocenters.